The van der Waals surface area contributed by atoms with E-state index in [2.05, 4.69) is 9.55 Å². The van der Waals surface area contributed by atoms with Gasteiger partial charge in [0.15, 0.2) is 11.5 Å². The maximum atomic E-state index is 13.1. The fourth-order valence-corrected chi connectivity index (χ4v) is 3.35. The summed E-state index contributed by atoms with van der Waals surface area (Å²) in [6.07, 6.45) is 1.42. The molecule has 0 saturated carbocycles. The summed E-state index contributed by atoms with van der Waals surface area (Å²) < 4.78 is 21.3. The highest BCUT2D eigenvalue weighted by atomic mass is 35.5. The Balaban J connectivity index is 2.06. The summed E-state index contributed by atoms with van der Waals surface area (Å²) in [5.74, 6) is 0.218. The van der Waals surface area contributed by atoms with Gasteiger partial charge in [-0.25, -0.2) is 4.21 Å². The molecule has 0 aliphatic heterocycles. The van der Waals surface area contributed by atoms with Gasteiger partial charge in [-0.3, -0.25) is 4.79 Å². The highest BCUT2D eigenvalue weighted by Gasteiger charge is 2.22. The Morgan fingerprint density at radius 2 is 1.79 bits per heavy atom. The number of aromatic nitrogens is 1. The van der Waals surface area contributed by atoms with E-state index in [0.29, 0.717) is 38.7 Å². The Hall–Kier alpha value is -2.57. The van der Waals surface area contributed by atoms with Gasteiger partial charge in [-0.1, -0.05) is 41.0 Å². The molecule has 0 unspecified atom stereocenters. The number of halogens is 1. The van der Waals surface area contributed by atoms with Crippen molar-refractivity contribution in [2.75, 3.05) is 0 Å². The van der Waals surface area contributed by atoms with Crippen molar-refractivity contribution in [3.05, 3.63) is 76.1 Å². The normalized spacial score (nSPS) is 13.0. The van der Waals surface area contributed by atoms with Gasteiger partial charge < -0.3 is 4.52 Å². The summed E-state index contributed by atoms with van der Waals surface area (Å²) in [7, 11) is -1.44. The number of rotatable bonds is 5. The smallest absolute Gasteiger partial charge is 0.193 e. The molecular weight excluding hydrogens is 408 g/mol. The zero-order chi connectivity index (χ0) is 21.2. The number of ketones is 1. The lowest BCUT2D eigenvalue weighted by atomic mass is 9.93. The second-order valence-corrected chi connectivity index (χ2v) is 9.86. The van der Waals surface area contributed by atoms with Gasteiger partial charge in [-0.15, -0.1) is 0 Å². The van der Waals surface area contributed by atoms with E-state index in [1.54, 1.807) is 43.3 Å². The van der Waals surface area contributed by atoms with E-state index in [-0.39, 0.29) is 5.78 Å². The van der Waals surface area contributed by atoms with Gasteiger partial charge in [-0.05, 0) is 57.5 Å². The first-order valence-electron chi connectivity index (χ1n) is 9.00. The van der Waals surface area contributed by atoms with Gasteiger partial charge >= 0.3 is 0 Å². The summed E-state index contributed by atoms with van der Waals surface area (Å²) in [5, 5.41) is 4.59. The Labute approximate surface area is 177 Å². The molecule has 1 aromatic heterocycles. The lowest BCUT2D eigenvalue weighted by Crippen LogP contribution is -2.19. The van der Waals surface area contributed by atoms with Gasteiger partial charge in [0.05, 0.1) is 22.2 Å². The molecule has 1 atom stereocenters. The van der Waals surface area contributed by atoms with E-state index >= 15 is 0 Å². The van der Waals surface area contributed by atoms with Crippen molar-refractivity contribution in [3.8, 4) is 11.1 Å². The van der Waals surface area contributed by atoms with Crippen LogP contribution < -0.4 is 0 Å². The van der Waals surface area contributed by atoms with Gasteiger partial charge in [0.2, 0.25) is 0 Å². The Bertz CT molecular complexity index is 1100. The highest BCUT2D eigenvalue weighted by molar-refractivity contribution is 7.85. The minimum Gasteiger partial charge on any atom is -0.354 e. The highest BCUT2D eigenvalue weighted by Crippen LogP contribution is 2.31. The number of aryl methyl sites for hydroxylation is 1. The van der Waals surface area contributed by atoms with E-state index < -0.39 is 15.7 Å². The minimum atomic E-state index is -1.44. The molecule has 0 fully saturated rings. The Morgan fingerprint density at radius 1 is 1.14 bits per heavy atom. The molecule has 0 bridgehead atoms. The number of carbonyl (C=O) groups excluding carboxylic acids is 1. The molecular formula is C22H21ClN2O3S. The molecule has 0 spiro atoms. The number of carbonyl (C=O) groups is 1. The molecule has 5 nitrogen and oxygen atoms in total. The molecule has 3 aromatic rings. The van der Waals surface area contributed by atoms with E-state index in [4.69, 9.17) is 16.1 Å². The van der Waals surface area contributed by atoms with Crippen molar-refractivity contribution in [1.29, 1.82) is 0 Å². The molecule has 0 radical (unpaired) electrons. The number of benzene rings is 2. The fraction of sp³-hybridized carbons (Fsp3) is 0.227. The van der Waals surface area contributed by atoms with Crippen LogP contribution in [0, 0.1) is 6.92 Å². The summed E-state index contributed by atoms with van der Waals surface area (Å²) >= 11 is 5.94. The monoisotopic (exact) mass is 428 g/mol. The van der Waals surface area contributed by atoms with Crippen molar-refractivity contribution in [3.63, 3.8) is 0 Å². The Kier molecular flexibility index (Phi) is 6.15. The van der Waals surface area contributed by atoms with Crippen LogP contribution in [-0.2, 0) is 11.0 Å². The van der Waals surface area contributed by atoms with Crippen LogP contribution in [0.5, 0.6) is 0 Å². The van der Waals surface area contributed by atoms with Crippen molar-refractivity contribution in [1.82, 2.24) is 5.16 Å². The van der Waals surface area contributed by atoms with Crippen LogP contribution in [-0.4, -0.2) is 26.1 Å². The lowest BCUT2D eigenvalue weighted by molar-refractivity contribution is 0.103. The molecule has 0 amide bonds. The average Bonchev–Trinajstić information content (AvgIpc) is 3.05. The van der Waals surface area contributed by atoms with Crippen molar-refractivity contribution >= 4 is 34.6 Å². The van der Waals surface area contributed by atoms with Crippen LogP contribution >= 0.6 is 11.6 Å². The SMILES string of the molecule is Cc1noc(/C=N/[S@](=O)C(C)(C)C)c1-c1ccccc1C(=O)c1ccc(Cl)cc1. The predicted octanol–water partition coefficient (Wildman–Crippen LogP) is 5.42. The zero-order valence-corrected chi connectivity index (χ0v) is 18.2. The third kappa shape index (κ3) is 4.71. The van der Waals surface area contributed by atoms with Crippen molar-refractivity contribution in [2.45, 2.75) is 32.4 Å². The third-order valence-corrected chi connectivity index (χ3v) is 5.82. The molecule has 3 rings (SSSR count). The van der Waals surface area contributed by atoms with Crippen LogP contribution in [0.15, 0.2) is 57.5 Å². The fourth-order valence-electron chi connectivity index (χ4n) is 2.71. The zero-order valence-electron chi connectivity index (χ0n) is 16.6. The topological polar surface area (TPSA) is 72.5 Å². The van der Waals surface area contributed by atoms with E-state index in [1.807, 2.05) is 32.9 Å². The molecule has 150 valence electrons. The van der Waals surface area contributed by atoms with Crippen molar-refractivity contribution < 1.29 is 13.5 Å². The van der Waals surface area contributed by atoms with Crippen LogP contribution in [0.1, 0.15) is 48.1 Å². The summed E-state index contributed by atoms with van der Waals surface area (Å²) in [5.41, 5.74) is 2.98. The summed E-state index contributed by atoms with van der Waals surface area (Å²) in [4.78, 5) is 13.1. The van der Waals surface area contributed by atoms with E-state index in [0.717, 1.165) is 0 Å². The first-order valence-corrected chi connectivity index (χ1v) is 10.5. The lowest BCUT2D eigenvalue weighted by Gasteiger charge is -2.12. The van der Waals surface area contributed by atoms with E-state index in [9.17, 15) is 9.00 Å². The minimum absolute atomic E-state index is 0.140. The van der Waals surface area contributed by atoms with Crippen LogP contribution in [0.25, 0.3) is 11.1 Å². The molecule has 1 heterocycles. The standard InChI is InChI=1S/C22H21ClN2O3S/c1-14-20(19(28-25-14)13-24-29(27)22(2,3)4)17-7-5-6-8-18(17)21(26)15-9-11-16(23)12-10-15/h5-13H,1-4H3/b24-13+/t29-/m1/s1. The molecule has 0 saturated heterocycles. The largest absolute Gasteiger partial charge is 0.354 e. The van der Waals surface area contributed by atoms with Crippen LogP contribution in [0.2, 0.25) is 5.02 Å². The van der Waals surface area contributed by atoms with Crippen molar-refractivity contribution in [2.24, 2.45) is 4.40 Å². The average molecular weight is 429 g/mol. The summed E-state index contributed by atoms with van der Waals surface area (Å²) in [6.45, 7) is 7.31. The van der Waals surface area contributed by atoms with Gasteiger partial charge in [0.1, 0.15) is 11.0 Å². The van der Waals surface area contributed by atoms with Crippen LogP contribution in [0.3, 0.4) is 0 Å². The molecule has 0 aliphatic carbocycles. The van der Waals surface area contributed by atoms with Gasteiger partial charge in [0.25, 0.3) is 0 Å². The van der Waals surface area contributed by atoms with E-state index in [1.165, 1.54) is 6.21 Å². The molecule has 29 heavy (non-hydrogen) atoms. The van der Waals surface area contributed by atoms with Gasteiger partial charge in [0, 0.05) is 16.1 Å². The van der Waals surface area contributed by atoms with Gasteiger partial charge in [-0.2, -0.15) is 4.40 Å². The second kappa shape index (κ2) is 8.43. The molecule has 7 heteroatoms. The third-order valence-electron chi connectivity index (χ3n) is 4.23. The number of nitrogens with zero attached hydrogens (tertiary/aromatic N) is 2. The first kappa shape index (κ1) is 21.1. The quantitative estimate of drug-likeness (QED) is 0.402. The van der Waals surface area contributed by atoms with Crippen LogP contribution in [0.4, 0.5) is 0 Å². The molecule has 2 aromatic carbocycles. The maximum Gasteiger partial charge on any atom is 0.193 e. The maximum absolute atomic E-state index is 13.1. The molecule has 0 aliphatic rings. The Morgan fingerprint density at radius 3 is 2.45 bits per heavy atom. The number of hydrogen-bond donors (Lipinski definition) is 0. The second-order valence-electron chi connectivity index (χ2n) is 7.48. The number of hydrogen-bond acceptors (Lipinski definition) is 4. The predicted molar refractivity (Wildman–Crippen MR) is 117 cm³/mol. The molecule has 0 N–H and O–H groups in total. The summed E-state index contributed by atoms with van der Waals surface area (Å²) in [6, 6.07) is 14.0. The first-order chi connectivity index (χ1) is 13.7.